The Kier molecular flexibility index (Phi) is 5.30. The third-order valence-electron chi connectivity index (χ3n) is 5.19. The van der Waals surface area contributed by atoms with Gasteiger partial charge in [0.25, 0.3) is 0 Å². The number of carbonyl (C=O) groups is 1. The molecule has 2 aromatic rings. The maximum Gasteiger partial charge on any atom is 0.198 e. The first-order valence-corrected chi connectivity index (χ1v) is 9.72. The molecule has 0 atom stereocenters. The minimum absolute atomic E-state index is 0.0914. The van der Waals surface area contributed by atoms with Gasteiger partial charge in [-0.1, -0.05) is 13.0 Å². The highest BCUT2D eigenvalue weighted by Crippen LogP contribution is 2.42. The molecule has 0 bridgehead atoms. The summed E-state index contributed by atoms with van der Waals surface area (Å²) < 4.78 is 25.3. The lowest BCUT2D eigenvalue weighted by atomic mass is 9.81. The molecular weight excluding hydrogens is 371 g/mol. The molecule has 2 aromatic carbocycles. The van der Waals surface area contributed by atoms with Gasteiger partial charge in [-0.3, -0.25) is 4.79 Å². The van der Waals surface area contributed by atoms with Gasteiger partial charge < -0.3 is 14.6 Å². The first kappa shape index (κ1) is 21.1. The highest BCUT2D eigenvalue weighted by Gasteiger charge is 2.47. The second kappa shape index (κ2) is 7.30. The van der Waals surface area contributed by atoms with Crippen LogP contribution in [0.15, 0.2) is 42.2 Å². The van der Waals surface area contributed by atoms with Gasteiger partial charge in [0.05, 0.1) is 5.57 Å². The molecule has 0 saturated heterocycles. The lowest BCUT2D eigenvalue weighted by Gasteiger charge is -2.40. The van der Waals surface area contributed by atoms with E-state index >= 15 is 0 Å². The Morgan fingerprint density at radius 3 is 2.28 bits per heavy atom. The fourth-order valence-corrected chi connectivity index (χ4v) is 3.67. The highest BCUT2D eigenvalue weighted by molar-refractivity contribution is 6.26. The summed E-state index contributed by atoms with van der Waals surface area (Å²) in [5.41, 5.74) is 0.205. The predicted molar refractivity (Wildman–Crippen MR) is 111 cm³/mol. The van der Waals surface area contributed by atoms with Crippen LogP contribution >= 0.6 is 0 Å². The second-order valence-corrected chi connectivity index (χ2v) is 8.36. The molecule has 0 aliphatic carbocycles. The van der Waals surface area contributed by atoms with Crippen molar-refractivity contribution in [3.8, 4) is 11.5 Å². The Hall–Kier alpha value is -2.66. The molecule has 0 amide bonds. The van der Waals surface area contributed by atoms with E-state index in [-0.39, 0.29) is 22.9 Å². The molecule has 0 spiro atoms. The molecule has 1 aliphatic heterocycles. The van der Waals surface area contributed by atoms with E-state index in [1.165, 1.54) is 6.07 Å². The van der Waals surface area contributed by atoms with E-state index in [1.54, 1.807) is 58.9 Å². The normalized spacial score (nSPS) is 18.1. The number of benzene rings is 2. The van der Waals surface area contributed by atoms with Gasteiger partial charge in [0.15, 0.2) is 5.78 Å². The van der Waals surface area contributed by atoms with Crippen molar-refractivity contribution in [1.82, 2.24) is 0 Å². The van der Waals surface area contributed by atoms with Crippen molar-refractivity contribution in [2.75, 3.05) is 0 Å². The zero-order valence-electron chi connectivity index (χ0n) is 17.7. The van der Waals surface area contributed by atoms with E-state index in [1.807, 2.05) is 13.0 Å². The second-order valence-electron chi connectivity index (χ2n) is 8.36. The molecule has 4 nitrogen and oxygen atoms in total. The van der Waals surface area contributed by atoms with Crippen LogP contribution in [0.1, 0.15) is 51.3 Å². The number of ketones is 1. The molecule has 1 N–H and O–H groups in total. The highest BCUT2D eigenvalue weighted by atomic mass is 19.1. The number of aryl methyl sites for hydroxylation is 2. The van der Waals surface area contributed by atoms with Gasteiger partial charge >= 0.3 is 0 Å². The largest absolute Gasteiger partial charge is 0.508 e. The van der Waals surface area contributed by atoms with Gasteiger partial charge in [-0.25, -0.2) is 4.39 Å². The molecule has 154 valence electrons. The van der Waals surface area contributed by atoms with E-state index < -0.39 is 11.2 Å². The predicted octanol–water partition coefficient (Wildman–Crippen LogP) is 5.91. The van der Waals surface area contributed by atoms with Gasteiger partial charge in [0, 0.05) is 0 Å². The summed E-state index contributed by atoms with van der Waals surface area (Å²) in [4.78, 5) is 13.1. The van der Waals surface area contributed by atoms with Gasteiger partial charge in [-0.15, -0.1) is 0 Å². The van der Waals surface area contributed by atoms with E-state index in [0.717, 1.165) is 5.56 Å². The van der Waals surface area contributed by atoms with Crippen LogP contribution in [0.25, 0.3) is 5.57 Å². The summed E-state index contributed by atoms with van der Waals surface area (Å²) in [5.74, 6) is 0.325. The third kappa shape index (κ3) is 3.92. The average Bonchev–Trinajstić information content (AvgIpc) is 2.63. The molecule has 0 fully saturated rings. The van der Waals surface area contributed by atoms with Crippen molar-refractivity contribution in [3.05, 3.63) is 64.7 Å². The number of halogens is 1. The summed E-state index contributed by atoms with van der Waals surface area (Å²) in [6, 6.07) is 9.96. The zero-order chi connectivity index (χ0) is 21.6. The van der Waals surface area contributed by atoms with E-state index in [0.29, 0.717) is 29.0 Å². The lowest BCUT2D eigenvalue weighted by Crippen LogP contribution is -2.49. The van der Waals surface area contributed by atoms with Crippen molar-refractivity contribution in [2.24, 2.45) is 0 Å². The van der Waals surface area contributed by atoms with Gasteiger partial charge in [0.2, 0.25) is 0 Å². The molecule has 5 heteroatoms. The van der Waals surface area contributed by atoms with Crippen molar-refractivity contribution in [1.29, 1.82) is 0 Å². The van der Waals surface area contributed by atoms with Gasteiger partial charge in [-0.05, 0) is 88.1 Å². The number of aliphatic hydroxyl groups is 1. The quantitative estimate of drug-likeness (QED) is 0.695. The maximum atomic E-state index is 13.5. The maximum absolute atomic E-state index is 13.5. The molecule has 0 radical (unpaired) electrons. The monoisotopic (exact) mass is 398 g/mol. The Balaban J connectivity index is 2.12. The molecule has 1 heterocycles. The van der Waals surface area contributed by atoms with Crippen LogP contribution in [0.5, 0.6) is 11.5 Å². The Morgan fingerprint density at radius 1 is 1.03 bits per heavy atom. The fraction of sp³-hybridized carbons (Fsp3) is 0.375. The minimum atomic E-state index is -1.07. The Labute approximate surface area is 171 Å². The van der Waals surface area contributed by atoms with E-state index in [9.17, 15) is 14.3 Å². The number of hydrogen-bond acceptors (Lipinski definition) is 4. The molecule has 0 saturated carbocycles. The third-order valence-corrected chi connectivity index (χ3v) is 5.19. The lowest BCUT2D eigenvalue weighted by molar-refractivity contribution is -0.158. The number of Topliss-reactive ketones (excluding diaryl/α,β-unsaturated/α-hetero) is 1. The zero-order valence-corrected chi connectivity index (χ0v) is 17.7. The van der Waals surface area contributed by atoms with Gasteiger partial charge in [-0.2, -0.15) is 0 Å². The van der Waals surface area contributed by atoms with Gasteiger partial charge in [0.1, 0.15) is 34.3 Å². The summed E-state index contributed by atoms with van der Waals surface area (Å²) in [7, 11) is 0. The summed E-state index contributed by atoms with van der Waals surface area (Å²) in [6.45, 7) is 10.5. The minimum Gasteiger partial charge on any atom is -0.508 e. The van der Waals surface area contributed by atoms with Crippen LogP contribution < -0.4 is 4.74 Å². The molecule has 0 aromatic heterocycles. The summed E-state index contributed by atoms with van der Waals surface area (Å²) in [5, 5.41) is 10.9. The molecule has 29 heavy (non-hydrogen) atoms. The van der Waals surface area contributed by atoms with Crippen LogP contribution in [-0.2, 0) is 16.0 Å². The average molecular weight is 398 g/mol. The van der Waals surface area contributed by atoms with Crippen molar-refractivity contribution < 1.29 is 23.8 Å². The van der Waals surface area contributed by atoms with Crippen LogP contribution in [0.4, 0.5) is 4.39 Å². The van der Waals surface area contributed by atoms with E-state index in [2.05, 4.69) is 0 Å². The number of ether oxygens (including phenoxy) is 2. The van der Waals surface area contributed by atoms with Crippen LogP contribution in [0.2, 0.25) is 0 Å². The van der Waals surface area contributed by atoms with E-state index in [4.69, 9.17) is 9.47 Å². The first-order valence-electron chi connectivity index (χ1n) is 9.72. The van der Waals surface area contributed by atoms with Crippen LogP contribution in [0, 0.1) is 12.7 Å². The Morgan fingerprint density at radius 2 is 1.66 bits per heavy atom. The van der Waals surface area contributed by atoms with Crippen molar-refractivity contribution >= 4 is 11.4 Å². The Bertz CT molecular complexity index is 1000. The summed E-state index contributed by atoms with van der Waals surface area (Å²) >= 11 is 0. The topological polar surface area (TPSA) is 55.8 Å². The molecule has 1 aliphatic rings. The molecule has 3 rings (SSSR count). The number of hydrogen-bond donors (Lipinski definition) is 1. The first-order chi connectivity index (χ1) is 13.5. The van der Waals surface area contributed by atoms with Crippen molar-refractivity contribution in [2.45, 2.75) is 59.2 Å². The SMILES string of the molecule is CCc1ccc(Oc2ccc(F)c(C)c2)cc1C1=C(O)C(C)(C)OC(C)(C)C1=O. The smallest absolute Gasteiger partial charge is 0.198 e. The number of aliphatic hydroxyl groups excluding tert-OH is 1. The summed E-state index contributed by atoms with van der Waals surface area (Å²) in [6.07, 6.45) is 0.678. The number of rotatable bonds is 4. The fourth-order valence-electron chi connectivity index (χ4n) is 3.67. The van der Waals surface area contributed by atoms with Crippen LogP contribution in [-0.4, -0.2) is 22.1 Å². The molecular formula is C24H27FO4. The standard InChI is InChI=1S/C24H27FO4/c1-7-15-8-9-17(28-16-10-11-19(25)14(2)12-16)13-18(15)20-21(26)23(3,4)29-24(5,6)22(20)27/h8-13,26H,7H2,1-6H3. The number of carbonyl (C=O) groups excluding carboxylic acids is 1. The van der Waals surface area contributed by atoms with Crippen LogP contribution in [0.3, 0.4) is 0 Å². The molecule has 0 unspecified atom stereocenters. The van der Waals surface area contributed by atoms with Crippen molar-refractivity contribution in [3.63, 3.8) is 0 Å².